The Kier molecular flexibility index (Phi) is 2.88. The molecule has 0 aliphatic heterocycles. The van der Waals surface area contributed by atoms with Crippen molar-refractivity contribution < 1.29 is 5.11 Å². The van der Waals surface area contributed by atoms with E-state index in [1.807, 2.05) is 0 Å². The molecule has 0 saturated carbocycles. The topological polar surface area (TPSA) is 19.9 Å². The van der Waals surface area contributed by atoms with Crippen LogP contribution in [-0.4, -0.2) is 6.61 Å². The molecular formula is C11H15O. The highest BCUT2D eigenvalue weighted by Gasteiger charge is 2.03. The van der Waals surface area contributed by atoms with E-state index in [9.17, 15) is 5.11 Å². The fourth-order valence-electron chi connectivity index (χ4n) is 1.50. The molecule has 0 atom stereocenters. The zero-order valence-corrected chi connectivity index (χ0v) is 7.98. The van der Waals surface area contributed by atoms with Crippen LogP contribution in [0.5, 0.6) is 0 Å². The Labute approximate surface area is 74.1 Å². The smallest absolute Gasteiger partial charge is 0.0862 e. The van der Waals surface area contributed by atoms with Crippen molar-refractivity contribution in [2.75, 3.05) is 6.61 Å². The van der Waals surface area contributed by atoms with Crippen LogP contribution >= 0.6 is 0 Å². The molecule has 0 aliphatic rings. The Balaban J connectivity index is 3.14. The summed E-state index contributed by atoms with van der Waals surface area (Å²) in [6.07, 6.45) is 0.666. The van der Waals surface area contributed by atoms with E-state index < -0.39 is 0 Å². The Morgan fingerprint density at radius 2 is 1.67 bits per heavy atom. The molecule has 65 valence electrons. The van der Waals surface area contributed by atoms with Gasteiger partial charge in [-0.2, -0.15) is 0 Å². The molecule has 0 amide bonds. The first-order chi connectivity index (χ1) is 5.66. The summed E-state index contributed by atoms with van der Waals surface area (Å²) in [7, 11) is 0. The predicted molar refractivity (Wildman–Crippen MR) is 49.9 cm³/mol. The molecular weight excluding hydrogens is 148 g/mol. The first-order valence-corrected chi connectivity index (χ1v) is 4.30. The summed E-state index contributed by atoms with van der Waals surface area (Å²) in [4.78, 5) is 0. The van der Waals surface area contributed by atoms with Crippen LogP contribution in [0.3, 0.4) is 0 Å². The Morgan fingerprint density at radius 1 is 1.08 bits per heavy atom. The predicted octanol–water partition coefficient (Wildman–Crippen LogP) is 2.58. The zero-order chi connectivity index (χ0) is 9.14. The van der Waals surface area contributed by atoms with E-state index in [1.54, 1.807) is 0 Å². The van der Waals surface area contributed by atoms with Gasteiger partial charge in [-0.3, -0.25) is 0 Å². The van der Waals surface area contributed by atoms with Gasteiger partial charge in [-0.25, -0.2) is 5.11 Å². The van der Waals surface area contributed by atoms with Crippen LogP contribution in [0.4, 0.5) is 0 Å². The summed E-state index contributed by atoms with van der Waals surface area (Å²) in [5, 5.41) is 10.5. The largest absolute Gasteiger partial charge is 0.236 e. The molecule has 1 rings (SSSR count). The molecule has 0 unspecified atom stereocenters. The molecule has 0 aliphatic carbocycles. The lowest BCUT2D eigenvalue weighted by atomic mass is 9.96. The summed E-state index contributed by atoms with van der Waals surface area (Å²) in [6.45, 7) is 6.24. The molecule has 0 heterocycles. The summed E-state index contributed by atoms with van der Waals surface area (Å²) < 4.78 is 0. The van der Waals surface area contributed by atoms with E-state index in [0.717, 1.165) is 0 Å². The molecule has 1 heteroatoms. The second kappa shape index (κ2) is 3.72. The number of hydrogen-bond acceptors (Lipinski definition) is 0. The zero-order valence-electron chi connectivity index (χ0n) is 7.98. The van der Waals surface area contributed by atoms with Gasteiger partial charge in [-0.05, 0) is 49.4 Å². The van der Waals surface area contributed by atoms with Crippen molar-refractivity contribution in [3.8, 4) is 0 Å². The van der Waals surface area contributed by atoms with Crippen molar-refractivity contribution in [3.05, 3.63) is 34.4 Å². The van der Waals surface area contributed by atoms with Gasteiger partial charge in [0.15, 0.2) is 0 Å². The van der Waals surface area contributed by atoms with Crippen LogP contribution in [-0.2, 0) is 11.5 Å². The van der Waals surface area contributed by atoms with E-state index in [0.29, 0.717) is 6.42 Å². The molecule has 1 nitrogen and oxygen atoms in total. The van der Waals surface area contributed by atoms with Crippen LogP contribution < -0.4 is 0 Å². The summed E-state index contributed by atoms with van der Waals surface area (Å²) in [6, 6.07) is 4.20. The van der Waals surface area contributed by atoms with E-state index in [-0.39, 0.29) is 6.61 Å². The molecule has 0 spiro atoms. The minimum atomic E-state index is -0.00880. The maximum Gasteiger partial charge on any atom is 0.0862 e. The van der Waals surface area contributed by atoms with E-state index in [1.165, 1.54) is 22.3 Å². The van der Waals surface area contributed by atoms with Gasteiger partial charge in [-0.1, -0.05) is 12.1 Å². The SMILES string of the molecule is Cc1ccc(C)c(CC[O])c1C. The second-order valence-electron chi connectivity index (χ2n) is 3.26. The van der Waals surface area contributed by atoms with Crippen LogP contribution in [0.2, 0.25) is 0 Å². The molecule has 0 aromatic heterocycles. The Hall–Kier alpha value is -0.820. The molecule has 1 radical (unpaired) electrons. The maximum absolute atomic E-state index is 10.5. The molecule has 0 fully saturated rings. The van der Waals surface area contributed by atoms with E-state index >= 15 is 0 Å². The van der Waals surface area contributed by atoms with Crippen molar-refractivity contribution >= 4 is 0 Å². The van der Waals surface area contributed by atoms with Gasteiger partial charge in [0.25, 0.3) is 0 Å². The van der Waals surface area contributed by atoms with Gasteiger partial charge in [0, 0.05) is 0 Å². The maximum atomic E-state index is 10.5. The minimum Gasteiger partial charge on any atom is -0.236 e. The monoisotopic (exact) mass is 163 g/mol. The third kappa shape index (κ3) is 1.67. The summed E-state index contributed by atoms with van der Waals surface area (Å²) in [5.74, 6) is 0. The summed E-state index contributed by atoms with van der Waals surface area (Å²) >= 11 is 0. The van der Waals surface area contributed by atoms with Crippen molar-refractivity contribution in [3.63, 3.8) is 0 Å². The van der Waals surface area contributed by atoms with Crippen molar-refractivity contribution in [2.45, 2.75) is 27.2 Å². The van der Waals surface area contributed by atoms with Gasteiger partial charge >= 0.3 is 0 Å². The standard InChI is InChI=1S/C11H15O/c1-8-4-5-9(2)11(6-7-12)10(8)3/h4-5H,6-7H2,1-3H3. The first-order valence-electron chi connectivity index (χ1n) is 4.30. The van der Waals surface area contributed by atoms with E-state index in [2.05, 4.69) is 32.9 Å². The lowest BCUT2D eigenvalue weighted by molar-refractivity contribution is 0.197. The third-order valence-corrected chi connectivity index (χ3v) is 2.46. The molecule has 12 heavy (non-hydrogen) atoms. The second-order valence-corrected chi connectivity index (χ2v) is 3.26. The van der Waals surface area contributed by atoms with Crippen molar-refractivity contribution in [2.24, 2.45) is 0 Å². The van der Waals surface area contributed by atoms with Gasteiger partial charge < -0.3 is 0 Å². The van der Waals surface area contributed by atoms with Crippen molar-refractivity contribution in [1.82, 2.24) is 0 Å². The fraction of sp³-hybridized carbons (Fsp3) is 0.455. The fourth-order valence-corrected chi connectivity index (χ4v) is 1.50. The normalized spacial score (nSPS) is 10.3. The van der Waals surface area contributed by atoms with Gasteiger partial charge in [0.2, 0.25) is 0 Å². The Morgan fingerprint density at radius 3 is 2.25 bits per heavy atom. The van der Waals surface area contributed by atoms with Gasteiger partial charge in [0.1, 0.15) is 0 Å². The molecule has 0 bridgehead atoms. The minimum absolute atomic E-state index is 0.00880. The summed E-state index contributed by atoms with van der Waals surface area (Å²) in [5.41, 5.74) is 5.05. The average Bonchev–Trinajstić information content (AvgIpc) is 2.06. The van der Waals surface area contributed by atoms with Crippen LogP contribution in [0.1, 0.15) is 22.3 Å². The van der Waals surface area contributed by atoms with Gasteiger partial charge in [-0.15, -0.1) is 0 Å². The quantitative estimate of drug-likeness (QED) is 0.638. The molecule has 1 aromatic rings. The van der Waals surface area contributed by atoms with Gasteiger partial charge in [0.05, 0.1) is 6.61 Å². The lowest BCUT2D eigenvalue weighted by Crippen LogP contribution is -1.98. The van der Waals surface area contributed by atoms with Crippen LogP contribution in [0.15, 0.2) is 12.1 Å². The highest BCUT2D eigenvalue weighted by molar-refractivity contribution is 5.39. The number of rotatable bonds is 2. The third-order valence-electron chi connectivity index (χ3n) is 2.46. The molecule has 0 N–H and O–H groups in total. The number of aryl methyl sites for hydroxylation is 2. The van der Waals surface area contributed by atoms with Crippen LogP contribution in [0, 0.1) is 20.8 Å². The van der Waals surface area contributed by atoms with E-state index in [4.69, 9.17) is 0 Å². The highest BCUT2D eigenvalue weighted by Crippen LogP contribution is 2.17. The Bertz CT molecular complexity index is 277. The molecule has 1 aromatic carbocycles. The number of benzene rings is 1. The highest BCUT2D eigenvalue weighted by atomic mass is 16.2. The van der Waals surface area contributed by atoms with Crippen molar-refractivity contribution in [1.29, 1.82) is 0 Å². The van der Waals surface area contributed by atoms with Crippen LogP contribution in [0.25, 0.3) is 0 Å². The number of hydrogen-bond donors (Lipinski definition) is 0. The molecule has 0 saturated heterocycles. The average molecular weight is 163 g/mol. The lowest BCUT2D eigenvalue weighted by Gasteiger charge is -2.10. The first kappa shape index (κ1) is 9.27.